The number of benzene rings is 3. The minimum atomic E-state index is -0.419. The van der Waals surface area contributed by atoms with Crippen LogP contribution in [-0.2, 0) is 11.4 Å². The predicted molar refractivity (Wildman–Crippen MR) is 127 cm³/mol. The van der Waals surface area contributed by atoms with E-state index in [-0.39, 0.29) is 23.5 Å². The molecule has 3 aromatic rings. The summed E-state index contributed by atoms with van der Waals surface area (Å²) in [4.78, 5) is 28.9. The maximum Gasteiger partial charge on any atom is 0.279 e. The van der Waals surface area contributed by atoms with Crippen molar-refractivity contribution >= 4 is 50.7 Å². The minimum absolute atomic E-state index is 0.227. The van der Waals surface area contributed by atoms with Crippen LogP contribution in [0.5, 0.6) is 5.75 Å². The summed E-state index contributed by atoms with van der Waals surface area (Å²) in [5.41, 5.74) is 1.94. The molecule has 0 saturated carbocycles. The summed E-state index contributed by atoms with van der Waals surface area (Å²) in [6.07, 6.45) is 1.70. The van der Waals surface area contributed by atoms with Crippen molar-refractivity contribution < 1.29 is 18.7 Å². The smallest absolute Gasteiger partial charge is 0.279 e. The molecule has 0 bridgehead atoms. The molecule has 160 valence electrons. The molecule has 32 heavy (non-hydrogen) atoms. The number of rotatable bonds is 5. The van der Waals surface area contributed by atoms with Gasteiger partial charge in [-0.2, -0.15) is 4.99 Å². The molecule has 1 heterocycles. The molecular formula is C24H16BrFN2O3S. The van der Waals surface area contributed by atoms with Crippen molar-refractivity contribution in [3.63, 3.8) is 0 Å². The number of hydrogen-bond donors (Lipinski definition) is 1. The zero-order chi connectivity index (χ0) is 22.5. The van der Waals surface area contributed by atoms with E-state index < -0.39 is 5.91 Å². The van der Waals surface area contributed by atoms with Gasteiger partial charge < -0.3 is 10.1 Å². The molecule has 0 atom stereocenters. The lowest BCUT2D eigenvalue weighted by atomic mass is 10.2. The molecule has 1 fully saturated rings. The molecule has 3 aromatic carbocycles. The van der Waals surface area contributed by atoms with Crippen molar-refractivity contribution in [1.82, 2.24) is 5.32 Å². The number of thioether (sulfide) groups is 1. The van der Waals surface area contributed by atoms with Gasteiger partial charge in [-0.3, -0.25) is 9.59 Å². The van der Waals surface area contributed by atoms with Crippen LogP contribution in [0.2, 0.25) is 0 Å². The SMILES string of the molecule is O=C1NC(=NC(=O)c2ccccc2)S/C1=C\c1ccc(OCc2cccc(F)c2)c(Br)c1. The van der Waals surface area contributed by atoms with E-state index in [4.69, 9.17) is 4.74 Å². The number of ether oxygens (including phenoxy) is 1. The van der Waals surface area contributed by atoms with E-state index >= 15 is 0 Å². The summed E-state index contributed by atoms with van der Waals surface area (Å²) < 4.78 is 19.7. The minimum Gasteiger partial charge on any atom is -0.488 e. The molecule has 5 nitrogen and oxygen atoms in total. The van der Waals surface area contributed by atoms with Crippen molar-refractivity contribution in [2.45, 2.75) is 6.61 Å². The first-order valence-electron chi connectivity index (χ1n) is 9.54. The van der Waals surface area contributed by atoms with Crippen molar-refractivity contribution in [1.29, 1.82) is 0 Å². The van der Waals surface area contributed by atoms with Crippen LogP contribution >= 0.6 is 27.7 Å². The van der Waals surface area contributed by atoms with Crippen LogP contribution in [0.25, 0.3) is 6.08 Å². The number of amidine groups is 1. The van der Waals surface area contributed by atoms with E-state index in [9.17, 15) is 14.0 Å². The normalized spacial score (nSPS) is 15.8. The highest BCUT2D eigenvalue weighted by Gasteiger charge is 2.25. The number of nitrogens with zero attached hydrogens (tertiary/aromatic N) is 1. The van der Waals surface area contributed by atoms with Crippen LogP contribution in [-0.4, -0.2) is 17.0 Å². The predicted octanol–water partition coefficient (Wildman–Crippen LogP) is 5.57. The number of hydrogen-bond acceptors (Lipinski definition) is 4. The molecule has 1 aliphatic rings. The van der Waals surface area contributed by atoms with Gasteiger partial charge in [-0.25, -0.2) is 4.39 Å². The maximum absolute atomic E-state index is 13.3. The molecule has 0 spiro atoms. The van der Waals surface area contributed by atoms with E-state index in [0.29, 0.717) is 20.7 Å². The van der Waals surface area contributed by atoms with Crippen LogP contribution in [0, 0.1) is 5.82 Å². The molecule has 1 saturated heterocycles. The summed E-state index contributed by atoms with van der Waals surface area (Å²) in [5, 5.41) is 2.85. The molecule has 8 heteroatoms. The third kappa shape index (κ3) is 5.52. The molecule has 0 aliphatic carbocycles. The topological polar surface area (TPSA) is 67.8 Å². The summed E-state index contributed by atoms with van der Waals surface area (Å²) in [6, 6.07) is 20.2. The second kappa shape index (κ2) is 9.93. The summed E-state index contributed by atoms with van der Waals surface area (Å²) in [5.74, 6) is -0.460. The Morgan fingerprint density at radius 2 is 1.91 bits per heavy atom. The first kappa shape index (κ1) is 22.0. The lowest BCUT2D eigenvalue weighted by Crippen LogP contribution is -2.20. The number of aliphatic imine (C=N–C) groups is 1. The van der Waals surface area contributed by atoms with Gasteiger partial charge in [0.15, 0.2) is 5.17 Å². The van der Waals surface area contributed by atoms with Gasteiger partial charge in [0, 0.05) is 5.56 Å². The molecule has 4 rings (SSSR count). The van der Waals surface area contributed by atoms with E-state index in [2.05, 4.69) is 26.2 Å². The molecule has 1 N–H and O–H groups in total. The maximum atomic E-state index is 13.3. The first-order chi connectivity index (χ1) is 15.5. The third-order valence-corrected chi connectivity index (χ3v) is 5.94. The first-order valence-corrected chi connectivity index (χ1v) is 11.1. The summed E-state index contributed by atoms with van der Waals surface area (Å²) in [7, 11) is 0. The zero-order valence-corrected chi connectivity index (χ0v) is 19.0. The van der Waals surface area contributed by atoms with Crippen LogP contribution in [0.15, 0.2) is 87.2 Å². The van der Waals surface area contributed by atoms with Gasteiger partial charge in [-0.15, -0.1) is 0 Å². The molecule has 0 radical (unpaired) electrons. The molecule has 0 unspecified atom stereocenters. The Bertz CT molecular complexity index is 1250. The van der Waals surface area contributed by atoms with E-state index in [1.807, 2.05) is 12.1 Å². The van der Waals surface area contributed by atoms with Gasteiger partial charge in [0.25, 0.3) is 11.8 Å². The van der Waals surface area contributed by atoms with Gasteiger partial charge in [-0.05, 0) is 81.3 Å². The fourth-order valence-electron chi connectivity index (χ4n) is 2.88. The van der Waals surface area contributed by atoms with Crippen LogP contribution < -0.4 is 10.1 Å². The number of halogens is 2. The van der Waals surface area contributed by atoms with E-state index in [0.717, 1.165) is 22.9 Å². The Labute approximate surface area is 196 Å². The fraction of sp³-hybridized carbons (Fsp3) is 0.0417. The lowest BCUT2D eigenvalue weighted by Gasteiger charge is -2.09. The zero-order valence-electron chi connectivity index (χ0n) is 16.5. The average Bonchev–Trinajstić information content (AvgIpc) is 3.12. The van der Waals surface area contributed by atoms with Crippen molar-refractivity contribution in [3.8, 4) is 5.75 Å². The Balaban J connectivity index is 1.44. The highest BCUT2D eigenvalue weighted by Crippen LogP contribution is 2.31. The Morgan fingerprint density at radius 1 is 1.09 bits per heavy atom. The quantitative estimate of drug-likeness (QED) is 0.455. The highest BCUT2D eigenvalue weighted by atomic mass is 79.9. The molecule has 2 amide bonds. The van der Waals surface area contributed by atoms with Crippen LogP contribution in [0.1, 0.15) is 21.5 Å². The number of nitrogens with one attached hydrogen (secondary N) is 1. The molecule has 1 aliphatic heterocycles. The van der Waals surface area contributed by atoms with Gasteiger partial charge in [-0.1, -0.05) is 36.4 Å². The van der Waals surface area contributed by atoms with Gasteiger partial charge >= 0.3 is 0 Å². The number of carbonyl (C=O) groups is 2. The van der Waals surface area contributed by atoms with E-state index in [1.54, 1.807) is 54.6 Å². The van der Waals surface area contributed by atoms with E-state index in [1.165, 1.54) is 12.1 Å². The van der Waals surface area contributed by atoms with Gasteiger partial charge in [0.05, 0.1) is 9.38 Å². The van der Waals surface area contributed by atoms with Crippen LogP contribution in [0.3, 0.4) is 0 Å². The fourth-order valence-corrected chi connectivity index (χ4v) is 4.21. The number of carbonyl (C=O) groups excluding carboxylic acids is 2. The van der Waals surface area contributed by atoms with Crippen molar-refractivity contribution in [2.75, 3.05) is 0 Å². The van der Waals surface area contributed by atoms with Crippen molar-refractivity contribution in [3.05, 3.63) is 105 Å². The average molecular weight is 511 g/mol. The second-order valence-electron chi connectivity index (χ2n) is 6.76. The lowest BCUT2D eigenvalue weighted by molar-refractivity contribution is -0.115. The van der Waals surface area contributed by atoms with Crippen molar-refractivity contribution in [2.24, 2.45) is 4.99 Å². The molecule has 0 aromatic heterocycles. The highest BCUT2D eigenvalue weighted by molar-refractivity contribution is 9.10. The monoisotopic (exact) mass is 510 g/mol. The standard InChI is InChI=1S/C24H16BrFN2O3S/c25-19-12-15(9-10-20(19)31-14-16-5-4-8-18(26)11-16)13-21-23(30)28-24(32-21)27-22(29)17-6-2-1-3-7-17/h1-13H,14H2,(H,27,28,29,30)/b21-13-. The Morgan fingerprint density at radius 3 is 2.66 bits per heavy atom. The largest absolute Gasteiger partial charge is 0.488 e. The van der Waals surface area contributed by atoms with Crippen LogP contribution in [0.4, 0.5) is 4.39 Å². The van der Waals surface area contributed by atoms with Gasteiger partial charge in [0.2, 0.25) is 0 Å². The Kier molecular flexibility index (Phi) is 6.82. The number of amides is 2. The summed E-state index contributed by atoms with van der Waals surface area (Å²) in [6.45, 7) is 0.227. The Hall–Kier alpha value is -3.23. The summed E-state index contributed by atoms with van der Waals surface area (Å²) >= 11 is 4.57. The molecular weight excluding hydrogens is 495 g/mol. The third-order valence-electron chi connectivity index (χ3n) is 4.41. The van der Waals surface area contributed by atoms with Gasteiger partial charge in [0.1, 0.15) is 18.2 Å². The second-order valence-corrected chi connectivity index (χ2v) is 8.65.